The van der Waals surface area contributed by atoms with E-state index in [0.29, 0.717) is 6.61 Å². The second-order valence-corrected chi connectivity index (χ2v) is 6.60. The summed E-state index contributed by atoms with van der Waals surface area (Å²) >= 11 is 0. The third kappa shape index (κ3) is 4.57. The molecule has 3 heteroatoms. The van der Waals surface area contributed by atoms with Crippen LogP contribution in [0.25, 0.3) is 0 Å². The highest BCUT2D eigenvalue weighted by Gasteiger charge is 2.34. The molecule has 0 saturated carbocycles. The van der Waals surface area contributed by atoms with E-state index in [0.717, 1.165) is 36.4 Å². The molecular formula is C20H26NO2+. The van der Waals surface area contributed by atoms with Gasteiger partial charge in [0.2, 0.25) is 0 Å². The van der Waals surface area contributed by atoms with Crippen LogP contribution >= 0.6 is 0 Å². The van der Waals surface area contributed by atoms with Crippen LogP contribution in [0.15, 0.2) is 60.7 Å². The van der Waals surface area contributed by atoms with E-state index in [2.05, 4.69) is 30.3 Å². The van der Waals surface area contributed by atoms with Gasteiger partial charge >= 0.3 is 0 Å². The lowest BCUT2D eigenvalue weighted by molar-refractivity contribution is -0.932. The molecule has 0 bridgehead atoms. The van der Waals surface area contributed by atoms with E-state index in [1.165, 1.54) is 18.4 Å². The summed E-state index contributed by atoms with van der Waals surface area (Å²) in [6.07, 6.45) is 2.06. The van der Waals surface area contributed by atoms with Crippen LogP contribution in [0, 0.1) is 0 Å². The number of rotatable bonds is 7. The SMILES string of the molecule is O[C@@H](COc1ccccc1)C[N+]1(Cc2ccccc2)CCCC1. The number of para-hydroxylation sites is 1. The third-order valence-corrected chi connectivity index (χ3v) is 4.66. The molecule has 0 unspecified atom stereocenters. The van der Waals surface area contributed by atoms with Crippen LogP contribution in [0.2, 0.25) is 0 Å². The zero-order valence-electron chi connectivity index (χ0n) is 13.6. The maximum Gasteiger partial charge on any atom is 0.137 e. The van der Waals surface area contributed by atoms with E-state index < -0.39 is 6.10 Å². The van der Waals surface area contributed by atoms with E-state index >= 15 is 0 Å². The summed E-state index contributed by atoms with van der Waals surface area (Å²) in [7, 11) is 0. The van der Waals surface area contributed by atoms with Crippen molar-refractivity contribution in [3.05, 3.63) is 66.2 Å². The summed E-state index contributed by atoms with van der Waals surface area (Å²) in [5.74, 6) is 0.822. The molecule has 1 aliphatic heterocycles. The zero-order valence-corrected chi connectivity index (χ0v) is 13.6. The Morgan fingerprint density at radius 2 is 1.52 bits per heavy atom. The second kappa shape index (κ2) is 7.62. The zero-order chi connectivity index (χ0) is 16.0. The first-order valence-corrected chi connectivity index (χ1v) is 8.51. The third-order valence-electron chi connectivity index (χ3n) is 4.66. The van der Waals surface area contributed by atoms with Gasteiger partial charge in [-0.2, -0.15) is 0 Å². The van der Waals surface area contributed by atoms with Gasteiger partial charge in [0.25, 0.3) is 0 Å². The molecule has 122 valence electrons. The maximum absolute atomic E-state index is 10.5. The normalized spacial score (nSPS) is 17.8. The Labute approximate surface area is 138 Å². The van der Waals surface area contributed by atoms with Crippen LogP contribution in [0.3, 0.4) is 0 Å². The van der Waals surface area contributed by atoms with Crippen molar-refractivity contribution in [2.45, 2.75) is 25.5 Å². The van der Waals surface area contributed by atoms with Crippen molar-refractivity contribution in [3.8, 4) is 5.75 Å². The van der Waals surface area contributed by atoms with Gasteiger partial charge in [-0.1, -0.05) is 48.5 Å². The van der Waals surface area contributed by atoms with Crippen molar-refractivity contribution in [2.75, 3.05) is 26.2 Å². The molecule has 3 rings (SSSR count). The molecule has 0 aromatic heterocycles. The first kappa shape index (κ1) is 16.0. The number of hydrogen-bond donors (Lipinski definition) is 1. The molecular weight excluding hydrogens is 286 g/mol. The van der Waals surface area contributed by atoms with Gasteiger partial charge in [-0.25, -0.2) is 0 Å². The first-order chi connectivity index (χ1) is 11.3. The van der Waals surface area contributed by atoms with E-state index in [4.69, 9.17) is 4.74 Å². The van der Waals surface area contributed by atoms with Gasteiger partial charge < -0.3 is 14.3 Å². The molecule has 2 aromatic carbocycles. The molecule has 1 fully saturated rings. The highest BCUT2D eigenvalue weighted by atomic mass is 16.5. The molecule has 1 atom stereocenters. The van der Waals surface area contributed by atoms with Gasteiger partial charge in [-0.3, -0.25) is 0 Å². The number of hydrogen-bond acceptors (Lipinski definition) is 2. The Hall–Kier alpha value is -1.84. The molecule has 0 radical (unpaired) electrons. The molecule has 0 amide bonds. The van der Waals surface area contributed by atoms with Crippen molar-refractivity contribution in [2.24, 2.45) is 0 Å². The number of ether oxygens (including phenoxy) is 1. The standard InChI is InChI=1S/C20H26NO2/c22-19(17-23-20-11-5-2-6-12-20)16-21(13-7-8-14-21)15-18-9-3-1-4-10-18/h1-6,9-12,19,22H,7-8,13-17H2/q+1/t19-/m1/s1. The summed E-state index contributed by atoms with van der Waals surface area (Å²) in [5, 5.41) is 10.5. The molecule has 0 spiro atoms. The monoisotopic (exact) mass is 312 g/mol. The van der Waals surface area contributed by atoms with Gasteiger partial charge in [0.15, 0.2) is 0 Å². The molecule has 3 nitrogen and oxygen atoms in total. The molecule has 2 aromatic rings. The lowest BCUT2D eigenvalue weighted by Crippen LogP contribution is -2.50. The van der Waals surface area contributed by atoms with Gasteiger partial charge in [-0.15, -0.1) is 0 Å². The molecule has 0 aliphatic carbocycles. The molecule has 1 N–H and O–H groups in total. The maximum atomic E-state index is 10.5. The fourth-order valence-electron chi connectivity index (χ4n) is 3.59. The topological polar surface area (TPSA) is 29.5 Å². The number of nitrogens with zero attached hydrogens (tertiary/aromatic N) is 1. The van der Waals surface area contributed by atoms with Crippen molar-refractivity contribution < 1.29 is 14.3 Å². The fourth-order valence-corrected chi connectivity index (χ4v) is 3.59. The summed E-state index contributed by atoms with van der Waals surface area (Å²) in [6.45, 7) is 4.43. The van der Waals surface area contributed by atoms with E-state index in [9.17, 15) is 5.11 Å². The number of aliphatic hydroxyl groups excluding tert-OH is 1. The van der Waals surface area contributed by atoms with Crippen molar-refractivity contribution in [1.82, 2.24) is 0 Å². The minimum absolute atomic E-state index is 0.360. The largest absolute Gasteiger partial charge is 0.491 e. The second-order valence-electron chi connectivity index (χ2n) is 6.60. The van der Waals surface area contributed by atoms with Gasteiger partial charge in [-0.05, 0) is 12.1 Å². The predicted octanol–water partition coefficient (Wildman–Crippen LogP) is 3.24. The van der Waals surface area contributed by atoms with Crippen LogP contribution in [0.4, 0.5) is 0 Å². The Kier molecular flexibility index (Phi) is 5.31. The minimum Gasteiger partial charge on any atom is -0.491 e. The number of benzene rings is 2. The number of aliphatic hydroxyl groups is 1. The highest BCUT2D eigenvalue weighted by molar-refractivity contribution is 5.20. The van der Waals surface area contributed by atoms with Crippen molar-refractivity contribution in [1.29, 1.82) is 0 Å². The first-order valence-electron chi connectivity index (χ1n) is 8.51. The van der Waals surface area contributed by atoms with Crippen LogP contribution in [0.1, 0.15) is 18.4 Å². The minimum atomic E-state index is -0.433. The molecule has 23 heavy (non-hydrogen) atoms. The lowest BCUT2D eigenvalue weighted by atomic mass is 10.1. The smallest absolute Gasteiger partial charge is 0.137 e. The van der Waals surface area contributed by atoms with Gasteiger partial charge in [0.05, 0.1) is 13.1 Å². The van der Waals surface area contributed by atoms with Crippen LogP contribution in [0.5, 0.6) is 5.75 Å². The average Bonchev–Trinajstić information content (AvgIpc) is 3.03. The fraction of sp³-hybridized carbons (Fsp3) is 0.400. The van der Waals surface area contributed by atoms with E-state index in [1.54, 1.807) is 0 Å². The molecule has 1 saturated heterocycles. The number of quaternary nitrogens is 1. The van der Waals surface area contributed by atoms with Crippen LogP contribution in [-0.2, 0) is 6.54 Å². The molecule has 1 heterocycles. The summed E-state index contributed by atoms with van der Waals surface area (Å²) < 4.78 is 6.69. The predicted molar refractivity (Wildman–Crippen MR) is 92.2 cm³/mol. The van der Waals surface area contributed by atoms with E-state index in [1.807, 2.05) is 30.3 Å². The Bertz CT molecular complexity index is 579. The highest BCUT2D eigenvalue weighted by Crippen LogP contribution is 2.24. The average molecular weight is 312 g/mol. The van der Waals surface area contributed by atoms with Gasteiger partial charge in [0, 0.05) is 18.4 Å². The molecule has 1 aliphatic rings. The Morgan fingerprint density at radius 3 is 2.17 bits per heavy atom. The lowest BCUT2D eigenvalue weighted by Gasteiger charge is -2.36. The summed E-state index contributed by atoms with van der Waals surface area (Å²) in [4.78, 5) is 0. The van der Waals surface area contributed by atoms with Crippen molar-refractivity contribution >= 4 is 0 Å². The van der Waals surface area contributed by atoms with Gasteiger partial charge in [0.1, 0.15) is 31.5 Å². The Balaban J connectivity index is 1.58. The van der Waals surface area contributed by atoms with Crippen LogP contribution < -0.4 is 4.74 Å². The van der Waals surface area contributed by atoms with Crippen molar-refractivity contribution in [3.63, 3.8) is 0 Å². The summed E-state index contributed by atoms with van der Waals surface area (Å²) in [6, 6.07) is 20.3. The number of likely N-dealkylation sites (tertiary alicyclic amines) is 1. The summed E-state index contributed by atoms with van der Waals surface area (Å²) in [5.41, 5.74) is 1.35. The Morgan fingerprint density at radius 1 is 0.913 bits per heavy atom. The van der Waals surface area contributed by atoms with Crippen LogP contribution in [-0.4, -0.2) is 41.9 Å². The van der Waals surface area contributed by atoms with E-state index in [-0.39, 0.29) is 0 Å². The quantitative estimate of drug-likeness (QED) is 0.795.